The van der Waals surface area contributed by atoms with Gasteiger partial charge in [0, 0.05) is 6.20 Å². The van der Waals surface area contributed by atoms with Crippen molar-refractivity contribution < 1.29 is 28.9 Å². The van der Waals surface area contributed by atoms with Crippen molar-refractivity contribution in [3.8, 4) is 11.3 Å². The maximum atomic E-state index is 13.1. The molecule has 0 amide bonds. The van der Waals surface area contributed by atoms with E-state index in [1.165, 1.54) is 12.5 Å². The summed E-state index contributed by atoms with van der Waals surface area (Å²) in [4.78, 5) is 6.95. The van der Waals surface area contributed by atoms with E-state index in [0.717, 1.165) is 6.07 Å². The van der Waals surface area contributed by atoms with E-state index < -0.39 is 11.9 Å². The number of aromatic nitrogens is 6. The minimum Gasteiger partial charge on any atom is -0.657 e. The maximum absolute atomic E-state index is 13.1. The molecule has 0 saturated heterocycles. The Morgan fingerprint density at radius 1 is 1.07 bits per heavy atom. The molecule has 0 saturated carbocycles. The summed E-state index contributed by atoms with van der Waals surface area (Å²) < 4.78 is 27.1. The molecule has 0 atom stereocenters. The molecule has 3 heterocycles. The Hall–Kier alpha value is -2.20. The van der Waals surface area contributed by atoms with Gasteiger partial charge in [-0.25, -0.2) is 8.78 Å². The Balaban J connectivity index is 0.000000280. The van der Waals surface area contributed by atoms with Gasteiger partial charge < -0.3 is 15.6 Å². The van der Waals surface area contributed by atoms with Crippen LogP contribution in [0.2, 0.25) is 0 Å². The quantitative estimate of drug-likeness (QED) is 0.326. The molecular formula is C18H21F2IrN8. The van der Waals surface area contributed by atoms with Crippen molar-refractivity contribution in [3.05, 3.63) is 65.4 Å². The second-order valence-electron chi connectivity index (χ2n) is 6.23. The van der Waals surface area contributed by atoms with Crippen LogP contribution in [0.1, 0.15) is 34.0 Å². The molecule has 0 fully saturated rings. The van der Waals surface area contributed by atoms with Gasteiger partial charge in [0.2, 0.25) is 0 Å². The smallest absolute Gasteiger partial charge is 0.657 e. The van der Waals surface area contributed by atoms with E-state index in [1.807, 2.05) is 27.7 Å². The van der Waals surface area contributed by atoms with Gasteiger partial charge in [-0.2, -0.15) is 0 Å². The maximum Gasteiger partial charge on any atom is 3.00 e. The normalized spacial score (nSPS) is 10.7. The molecule has 8 nitrogen and oxygen atoms in total. The summed E-state index contributed by atoms with van der Waals surface area (Å²) >= 11 is 0. The van der Waals surface area contributed by atoms with E-state index in [1.54, 1.807) is 22.9 Å². The molecule has 3 aromatic rings. The third-order valence-corrected chi connectivity index (χ3v) is 3.13. The zero-order valence-electron chi connectivity index (χ0n) is 16.4. The molecule has 0 aromatic carbocycles. The van der Waals surface area contributed by atoms with Gasteiger partial charge in [0.25, 0.3) is 0 Å². The standard InChI is InChI=1S/C10H5F2N2.C8H16N6.Ir/c11-9-5-4-7(10(12)14-9)8-3-1-2-6-13-8;1-6(2)10-8(11-7(3)4)14-5-9-12-13-14;/h1-3,5-6H;5-8H,1-4H3;/q-1;-2;+3. The van der Waals surface area contributed by atoms with Crippen LogP contribution < -0.4 is 0 Å². The zero-order valence-corrected chi connectivity index (χ0v) is 18.8. The van der Waals surface area contributed by atoms with Crippen LogP contribution in [0.4, 0.5) is 8.78 Å². The van der Waals surface area contributed by atoms with Gasteiger partial charge in [-0.15, -0.1) is 29.5 Å². The molecule has 0 aliphatic carbocycles. The van der Waals surface area contributed by atoms with E-state index >= 15 is 0 Å². The molecule has 0 spiro atoms. The Kier molecular flexibility index (Phi) is 10.6. The first kappa shape index (κ1) is 24.8. The molecule has 0 aliphatic rings. The number of halogens is 2. The summed E-state index contributed by atoms with van der Waals surface area (Å²) in [6.45, 7) is 8.03. The molecular weight excluding hydrogens is 558 g/mol. The van der Waals surface area contributed by atoms with E-state index in [-0.39, 0.29) is 44.0 Å². The summed E-state index contributed by atoms with van der Waals surface area (Å²) in [6.07, 6.45) is 2.75. The fraction of sp³-hybridized carbons (Fsp3) is 0.389. The molecule has 3 aromatic heterocycles. The number of rotatable bonds is 6. The number of pyridine rings is 2. The summed E-state index contributed by atoms with van der Waals surface area (Å²) in [5.41, 5.74) is 0.463. The summed E-state index contributed by atoms with van der Waals surface area (Å²) in [7, 11) is 0. The zero-order chi connectivity index (χ0) is 20.5. The Morgan fingerprint density at radius 2 is 1.76 bits per heavy atom. The number of nitrogens with zero attached hydrogens (tertiary/aromatic N) is 8. The van der Waals surface area contributed by atoms with Crippen LogP contribution in [-0.4, -0.2) is 42.3 Å². The Morgan fingerprint density at radius 3 is 2.24 bits per heavy atom. The Labute approximate surface area is 181 Å². The summed E-state index contributed by atoms with van der Waals surface area (Å²) in [5.74, 6) is -1.79. The van der Waals surface area contributed by atoms with E-state index in [4.69, 9.17) is 0 Å². The topological polar surface area (TPSA) is 97.6 Å². The molecule has 0 bridgehead atoms. The van der Waals surface area contributed by atoms with Crippen LogP contribution in [0.5, 0.6) is 0 Å². The number of hydrogen-bond donors (Lipinski definition) is 0. The average Bonchev–Trinajstić information content (AvgIpc) is 3.16. The van der Waals surface area contributed by atoms with Crippen LogP contribution in [0.3, 0.4) is 0 Å². The fourth-order valence-corrected chi connectivity index (χ4v) is 2.05. The molecule has 0 N–H and O–H groups in total. The van der Waals surface area contributed by atoms with Gasteiger partial charge in [0.15, 0.2) is 0 Å². The molecule has 29 heavy (non-hydrogen) atoms. The monoisotopic (exact) mass is 580 g/mol. The first-order valence-electron chi connectivity index (χ1n) is 8.64. The van der Waals surface area contributed by atoms with Crippen molar-refractivity contribution in [2.24, 2.45) is 0 Å². The predicted octanol–water partition coefficient (Wildman–Crippen LogP) is 3.91. The fourth-order valence-electron chi connectivity index (χ4n) is 2.05. The van der Waals surface area contributed by atoms with Crippen molar-refractivity contribution in [2.45, 2.75) is 46.1 Å². The molecule has 0 aliphatic heterocycles. The number of hydrogen-bond acceptors (Lipinski definition) is 5. The van der Waals surface area contributed by atoms with E-state index in [9.17, 15) is 8.78 Å². The van der Waals surface area contributed by atoms with Gasteiger partial charge in [-0.3, -0.25) is 9.67 Å². The molecule has 0 unspecified atom stereocenters. The van der Waals surface area contributed by atoms with Crippen molar-refractivity contribution in [1.29, 1.82) is 0 Å². The third-order valence-electron chi connectivity index (χ3n) is 3.13. The molecule has 156 valence electrons. The van der Waals surface area contributed by atoms with Gasteiger partial charge in [-0.05, 0) is 22.2 Å². The first-order valence-corrected chi connectivity index (χ1v) is 8.64. The van der Waals surface area contributed by atoms with Crippen LogP contribution in [0.15, 0.2) is 36.8 Å². The summed E-state index contributed by atoms with van der Waals surface area (Å²) in [5, 5.41) is 19.8. The van der Waals surface area contributed by atoms with Crippen molar-refractivity contribution in [1.82, 2.24) is 30.2 Å². The molecule has 11 heteroatoms. The van der Waals surface area contributed by atoms with E-state index in [0.29, 0.717) is 5.69 Å². The largest absolute Gasteiger partial charge is 3.00 e. The van der Waals surface area contributed by atoms with Crippen LogP contribution in [-0.2, 0) is 20.1 Å². The van der Waals surface area contributed by atoms with E-state index in [2.05, 4.69) is 42.2 Å². The predicted molar refractivity (Wildman–Crippen MR) is 100 cm³/mol. The second kappa shape index (κ2) is 12.4. The van der Waals surface area contributed by atoms with Gasteiger partial charge in [0.1, 0.15) is 18.2 Å². The van der Waals surface area contributed by atoms with Crippen molar-refractivity contribution in [3.63, 3.8) is 0 Å². The van der Waals surface area contributed by atoms with Gasteiger partial charge in [-0.1, -0.05) is 51.5 Å². The third kappa shape index (κ3) is 8.36. The SMILES string of the molecule is CC(C)[N-]C([N-]C(C)C)n1cnnn1.Fc1c[c-]c(-c2ccccn2)c(F)n1.[Ir+3]. The first-order chi connectivity index (χ1) is 13.4. The van der Waals surface area contributed by atoms with Crippen LogP contribution in [0.25, 0.3) is 21.9 Å². The van der Waals surface area contributed by atoms with Crippen LogP contribution >= 0.6 is 0 Å². The van der Waals surface area contributed by atoms with Gasteiger partial charge in [0.05, 0.1) is 0 Å². The minimum absolute atomic E-state index is 0. The minimum atomic E-state index is -0.899. The second-order valence-corrected chi connectivity index (χ2v) is 6.23. The van der Waals surface area contributed by atoms with Crippen LogP contribution in [0, 0.1) is 18.0 Å². The molecule has 3 rings (SSSR count). The Bertz CT molecular complexity index is 821. The molecule has 0 radical (unpaired) electrons. The van der Waals surface area contributed by atoms with Crippen molar-refractivity contribution >= 4 is 0 Å². The average molecular weight is 580 g/mol. The summed E-state index contributed by atoms with van der Waals surface area (Å²) in [6, 6.07) is 8.87. The number of tetrazole rings is 1. The van der Waals surface area contributed by atoms with Gasteiger partial charge >= 0.3 is 20.1 Å². The van der Waals surface area contributed by atoms with Crippen molar-refractivity contribution in [2.75, 3.05) is 0 Å².